The predicted octanol–water partition coefficient (Wildman–Crippen LogP) is 3.21. The van der Waals surface area contributed by atoms with Gasteiger partial charge in [-0.3, -0.25) is 9.69 Å². The average molecular weight is 445 g/mol. The van der Waals surface area contributed by atoms with Crippen LogP contribution in [-0.2, 0) is 11.3 Å². The van der Waals surface area contributed by atoms with E-state index in [0.29, 0.717) is 22.6 Å². The van der Waals surface area contributed by atoms with E-state index >= 15 is 0 Å². The lowest BCUT2D eigenvalue weighted by Crippen LogP contribution is -2.26. The van der Waals surface area contributed by atoms with Gasteiger partial charge in [0.15, 0.2) is 5.82 Å². The molecule has 1 amide bonds. The molecule has 154 valence electrons. The zero-order chi connectivity index (χ0) is 21.7. The number of amides is 1. The Morgan fingerprint density at radius 3 is 2.67 bits per heavy atom. The van der Waals surface area contributed by atoms with Gasteiger partial charge in [-0.2, -0.15) is 4.98 Å². The first-order valence-corrected chi connectivity index (χ1v) is 10.1. The molecular weight excluding hydrogens is 428 g/mol. The molecule has 30 heavy (non-hydrogen) atoms. The number of nitrogens with zero attached hydrogens (tertiary/aromatic N) is 4. The lowest BCUT2D eigenvalue weighted by Gasteiger charge is -2.14. The SMILES string of the molecule is Cc1nc(CN2C(=O)/C(=C\c3[nH]cc(C(=O)O)c3C)c3c(Cl)nc(N)nc32)sc1C. The van der Waals surface area contributed by atoms with Gasteiger partial charge in [0.2, 0.25) is 5.95 Å². The third-order valence-corrected chi connectivity index (χ3v) is 6.26. The summed E-state index contributed by atoms with van der Waals surface area (Å²) in [5, 5.41) is 10.1. The van der Waals surface area contributed by atoms with Crippen molar-refractivity contribution in [3.8, 4) is 0 Å². The molecule has 0 spiro atoms. The van der Waals surface area contributed by atoms with Crippen molar-refractivity contribution in [1.29, 1.82) is 0 Å². The minimum atomic E-state index is -1.06. The number of aryl methyl sites for hydroxylation is 2. The zero-order valence-corrected chi connectivity index (χ0v) is 17.9. The molecule has 0 atom stereocenters. The number of hydrogen-bond donors (Lipinski definition) is 3. The third kappa shape index (κ3) is 3.23. The van der Waals surface area contributed by atoms with Crippen molar-refractivity contribution in [1.82, 2.24) is 19.9 Å². The Hall–Kier alpha value is -3.24. The van der Waals surface area contributed by atoms with Crippen LogP contribution in [0.4, 0.5) is 11.8 Å². The number of rotatable bonds is 4. The van der Waals surface area contributed by atoms with Gasteiger partial charge in [0.05, 0.1) is 28.9 Å². The normalized spacial score (nSPS) is 14.6. The van der Waals surface area contributed by atoms with Crippen molar-refractivity contribution in [3.63, 3.8) is 0 Å². The second-order valence-corrected chi connectivity index (χ2v) is 8.46. The standard InChI is InChI=1S/C19H17ClN6O3S/c1-7-11(18(28)29)5-22-12(7)4-10-14-15(20)24-19(21)25-16(14)26(17(10)27)6-13-23-8(2)9(3)30-13/h4-5,22H,6H2,1-3H3,(H,28,29)(H2,21,24,25)/b10-4-. The summed E-state index contributed by atoms with van der Waals surface area (Å²) in [6.07, 6.45) is 2.94. The molecule has 0 fully saturated rings. The van der Waals surface area contributed by atoms with Gasteiger partial charge in [-0.25, -0.2) is 14.8 Å². The average Bonchev–Trinajstić information content (AvgIpc) is 3.26. The molecule has 3 aromatic rings. The van der Waals surface area contributed by atoms with Crippen LogP contribution in [-0.4, -0.2) is 36.9 Å². The van der Waals surface area contributed by atoms with E-state index in [2.05, 4.69) is 19.9 Å². The first-order valence-electron chi connectivity index (χ1n) is 8.88. The van der Waals surface area contributed by atoms with E-state index in [-0.39, 0.29) is 34.7 Å². The van der Waals surface area contributed by atoms with E-state index < -0.39 is 5.97 Å². The van der Waals surface area contributed by atoms with E-state index in [1.807, 2.05) is 13.8 Å². The van der Waals surface area contributed by atoms with Crippen molar-refractivity contribution < 1.29 is 14.7 Å². The lowest BCUT2D eigenvalue weighted by molar-refractivity contribution is -0.113. The fourth-order valence-electron chi connectivity index (χ4n) is 3.26. The molecule has 0 bridgehead atoms. The summed E-state index contributed by atoms with van der Waals surface area (Å²) in [5.41, 5.74) is 8.39. The molecule has 0 aliphatic carbocycles. The van der Waals surface area contributed by atoms with E-state index in [9.17, 15) is 14.7 Å². The Balaban J connectivity index is 1.83. The summed E-state index contributed by atoms with van der Waals surface area (Å²) in [6, 6.07) is 0. The number of anilines is 2. The molecule has 4 rings (SSSR count). The lowest BCUT2D eigenvalue weighted by atomic mass is 10.1. The highest BCUT2D eigenvalue weighted by Gasteiger charge is 2.37. The van der Waals surface area contributed by atoms with Gasteiger partial charge in [-0.15, -0.1) is 11.3 Å². The monoisotopic (exact) mass is 444 g/mol. The quantitative estimate of drug-likeness (QED) is 0.414. The van der Waals surface area contributed by atoms with Crippen molar-refractivity contribution in [2.75, 3.05) is 10.6 Å². The number of thiazole rings is 1. The number of aromatic amines is 1. The molecular formula is C19H17ClN6O3S. The van der Waals surface area contributed by atoms with E-state index in [1.165, 1.54) is 22.4 Å². The maximum atomic E-state index is 13.3. The van der Waals surface area contributed by atoms with E-state index in [1.54, 1.807) is 13.0 Å². The second kappa shape index (κ2) is 7.22. The number of halogens is 1. The Bertz CT molecular complexity index is 1230. The number of carboxylic acid groups (broad SMARTS) is 1. The van der Waals surface area contributed by atoms with Gasteiger partial charge in [0, 0.05) is 16.8 Å². The predicted molar refractivity (Wildman–Crippen MR) is 115 cm³/mol. The van der Waals surface area contributed by atoms with Gasteiger partial charge in [-0.1, -0.05) is 11.6 Å². The molecule has 0 radical (unpaired) electrons. The molecule has 0 unspecified atom stereocenters. The first kappa shape index (κ1) is 20.0. The Kier molecular flexibility index (Phi) is 4.83. The van der Waals surface area contributed by atoms with Crippen LogP contribution in [0.25, 0.3) is 11.6 Å². The van der Waals surface area contributed by atoms with Gasteiger partial charge in [0.1, 0.15) is 10.2 Å². The number of carbonyl (C=O) groups is 2. The highest BCUT2D eigenvalue weighted by molar-refractivity contribution is 7.11. The van der Waals surface area contributed by atoms with Crippen molar-refractivity contribution >= 4 is 58.2 Å². The molecule has 0 saturated carbocycles. The van der Waals surface area contributed by atoms with Crippen LogP contribution >= 0.6 is 22.9 Å². The number of aromatic nitrogens is 4. The largest absolute Gasteiger partial charge is 0.478 e. The Morgan fingerprint density at radius 2 is 2.07 bits per heavy atom. The number of aromatic carboxylic acids is 1. The number of nitrogens with one attached hydrogen (secondary N) is 1. The zero-order valence-electron chi connectivity index (χ0n) is 16.3. The molecule has 0 saturated heterocycles. The highest BCUT2D eigenvalue weighted by Crippen LogP contribution is 2.41. The summed E-state index contributed by atoms with van der Waals surface area (Å²) < 4.78 is 0. The third-order valence-electron chi connectivity index (χ3n) is 4.93. The van der Waals surface area contributed by atoms with Crippen LogP contribution in [0.2, 0.25) is 5.15 Å². The number of H-pyrrole nitrogens is 1. The summed E-state index contributed by atoms with van der Waals surface area (Å²) in [6.45, 7) is 5.74. The topological polar surface area (TPSA) is 138 Å². The van der Waals surface area contributed by atoms with Crippen molar-refractivity contribution in [2.45, 2.75) is 27.3 Å². The maximum absolute atomic E-state index is 13.3. The second-order valence-electron chi connectivity index (χ2n) is 6.82. The maximum Gasteiger partial charge on any atom is 0.337 e. The van der Waals surface area contributed by atoms with Crippen LogP contribution in [0.1, 0.15) is 42.8 Å². The number of hydrogen-bond acceptors (Lipinski definition) is 7. The van der Waals surface area contributed by atoms with Crippen LogP contribution in [0, 0.1) is 20.8 Å². The number of nitrogens with two attached hydrogens (primary N) is 1. The summed E-state index contributed by atoms with van der Waals surface area (Å²) in [4.78, 5) is 42.8. The van der Waals surface area contributed by atoms with Crippen molar-refractivity contribution in [2.24, 2.45) is 0 Å². The Labute approximate surface area is 180 Å². The molecule has 4 heterocycles. The van der Waals surface area contributed by atoms with E-state index in [4.69, 9.17) is 17.3 Å². The molecule has 0 aromatic carbocycles. The smallest absolute Gasteiger partial charge is 0.337 e. The van der Waals surface area contributed by atoms with Crippen LogP contribution < -0.4 is 10.6 Å². The molecule has 9 nitrogen and oxygen atoms in total. The summed E-state index contributed by atoms with van der Waals surface area (Å²) in [5.74, 6) is -1.15. The molecule has 11 heteroatoms. The number of fused-ring (bicyclic) bond motifs is 1. The van der Waals surface area contributed by atoms with E-state index in [0.717, 1.165) is 15.6 Å². The van der Waals surface area contributed by atoms with Gasteiger partial charge >= 0.3 is 5.97 Å². The van der Waals surface area contributed by atoms with Crippen LogP contribution in [0.15, 0.2) is 6.20 Å². The van der Waals surface area contributed by atoms with Crippen LogP contribution in [0.5, 0.6) is 0 Å². The molecule has 1 aliphatic heterocycles. The minimum Gasteiger partial charge on any atom is -0.478 e. The summed E-state index contributed by atoms with van der Waals surface area (Å²) >= 11 is 7.82. The van der Waals surface area contributed by atoms with Crippen LogP contribution in [0.3, 0.4) is 0 Å². The van der Waals surface area contributed by atoms with Gasteiger partial charge < -0.3 is 15.8 Å². The number of nitrogen functional groups attached to an aromatic ring is 1. The first-order chi connectivity index (χ1) is 14.2. The minimum absolute atomic E-state index is 0.0477. The van der Waals surface area contributed by atoms with Gasteiger partial charge in [0.25, 0.3) is 5.91 Å². The molecule has 1 aliphatic rings. The highest BCUT2D eigenvalue weighted by atomic mass is 35.5. The Morgan fingerprint density at radius 1 is 1.33 bits per heavy atom. The number of carboxylic acids is 1. The fraction of sp³-hybridized carbons (Fsp3) is 0.211. The molecule has 3 aromatic heterocycles. The fourth-order valence-corrected chi connectivity index (χ4v) is 4.46. The summed E-state index contributed by atoms with van der Waals surface area (Å²) in [7, 11) is 0. The number of carbonyl (C=O) groups excluding carboxylic acids is 1. The molecule has 4 N–H and O–H groups in total. The van der Waals surface area contributed by atoms with Gasteiger partial charge in [-0.05, 0) is 32.4 Å². The van der Waals surface area contributed by atoms with Crippen molar-refractivity contribution in [3.05, 3.63) is 49.3 Å².